The zero-order chi connectivity index (χ0) is 14.9. The smallest absolute Gasteiger partial charge is 0.292 e. The van der Waals surface area contributed by atoms with Gasteiger partial charge in [0.15, 0.2) is 4.90 Å². The van der Waals surface area contributed by atoms with Crippen LogP contribution < -0.4 is 5.32 Å². The molecule has 1 aromatic rings. The fraction of sp³-hybridized carbons (Fsp3) is 0.455. The van der Waals surface area contributed by atoms with Gasteiger partial charge in [-0.3, -0.25) is 10.1 Å². The first-order valence-corrected chi connectivity index (χ1v) is 7.44. The van der Waals surface area contributed by atoms with Crippen LogP contribution in [0.5, 0.6) is 0 Å². The highest BCUT2D eigenvalue weighted by atomic mass is 32.2. The molecular formula is C11H14FN3O4S. The number of hydrogen-bond donors (Lipinski definition) is 1. The Balaban J connectivity index is 2.51. The summed E-state index contributed by atoms with van der Waals surface area (Å²) in [6.45, 7) is 2.86. The van der Waals surface area contributed by atoms with Crippen LogP contribution in [0, 0.1) is 15.9 Å². The molecule has 0 bridgehead atoms. The molecule has 1 aliphatic rings. The SMILES string of the molecule is CC1CNCCN1S(=O)(=O)c1ccc(F)cc1[N+](=O)[O-]. The molecule has 1 unspecified atom stereocenters. The molecule has 20 heavy (non-hydrogen) atoms. The molecule has 2 rings (SSSR count). The van der Waals surface area contributed by atoms with Gasteiger partial charge in [-0.05, 0) is 19.1 Å². The van der Waals surface area contributed by atoms with Crippen LogP contribution in [-0.2, 0) is 10.0 Å². The minimum absolute atomic E-state index is 0.220. The zero-order valence-corrected chi connectivity index (χ0v) is 11.6. The molecule has 0 saturated carbocycles. The fourth-order valence-corrected chi connectivity index (χ4v) is 3.93. The predicted molar refractivity (Wildman–Crippen MR) is 69.3 cm³/mol. The summed E-state index contributed by atoms with van der Waals surface area (Å²) in [4.78, 5) is 9.57. The van der Waals surface area contributed by atoms with Crippen molar-refractivity contribution in [3.8, 4) is 0 Å². The van der Waals surface area contributed by atoms with Gasteiger partial charge < -0.3 is 5.32 Å². The zero-order valence-electron chi connectivity index (χ0n) is 10.7. The summed E-state index contributed by atoms with van der Waals surface area (Å²) in [5.41, 5.74) is -0.740. The van der Waals surface area contributed by atoms with Crippen molar-refractivity contribution >= 4 is 15.7 Å². The normalized spacial score (nSPS) is 20.8. The number of benzene rings is 1. The van der Waals surface area contributed by atoms with E-state index in [1.165, 1.54) is 4.31 Å². The van der Waals surface area contributed by atoms with Crippen molar-refractivity contribution in [1.29, 1.82) is 0 Å². The first kappa shape index (κ1) is 14.8. The quantitative estimate of drug-likeness (QED) is 0.656. The monoisotopic (exact) mass is 303 g/mol. The van der Waals surface area contributed by atoms with Crippen molar-refractivity contribution in [2.24, 2.45) is 0 Å². The average molecular weight is 303 g/mol. The standard InChI is InChI=1S/C11H14FN3O4S/c1-8-7-13-4-5-14(8)20(18,19)11-3-2-9(12)6-10(11)15(16)17/h2-3,6,8,13H,4-5,7H2,1H3. The molecule has 0 spiro atoms. The Morgan fingerprint density at radius 3 is 2.80 bits per heavy atom. The number of rotatable bonds is 3. The van der Waals surface area contributed by atoms with Gasteiger partial charge in [-0.25, -0.2) is 12.8 Å². The number of piperazine rings is 1. The maximum atomic E-state index is 13.1. The maximum absolute atomic E-state index is 13.1. The number of nitro groups is 1. The van der Waals surface area contributed by atoms with Gasteiger partial charge in [0.05, 0.1) is 11.0 Å². The lowest BCUT2D eigenvalue weighted by atomic mass is 10.3. The Bertz CT molecular complexity index is 635. The molecule has 0 amide bonds. The Morgan fingerprint density at radius 2 is 2.20 bits per heavy atom. The minimum atomic E-state index is -4.02. The maximum Gasteiger partial charge on any atom is 0.292 e. The molecule has 7 nitrogen and oxygen atoms in total. The van der Waals surface area contributed by atoms with Crippen LogP contribution in [0.3, 0.4) is 0 Å². The highest BCUT2D eigenvalue weighted by molar-refractivity contribution is 7.89. The lowest BCUT2D eigenvalue weighted by Crippen LogP contribution is -2.52. The van der Waals surface area contributed by atoms with Gasteiger partial charge in [0.2, 0.25) is 10.0 Å². The van der Waals surface area contributed by atoms with E-state index in [1.807, 2.05) is 0 Å². The number of nitro benzene ring substituents is 1. The van der Waals surface area contributed by atoms with E-state index in [0.29, 0.717) is 19.2 Å². The second-order valence-electron chi connectivity index (χ2n) is 4.54. The van der Waals surface area contributed by atoms with Gasteiger partial charge in [0.25, 0.3) is 5.69 Å². The molecule has 1 heterocycles. The van der Waals surface area contributed by atoms with Gasteiger partial charge >= 0.3 is 0 Å². The number of sulfonamides is 1. The number of hydrogen-bond acceptors (Lipinski definition) is 5. The third-order valence-electron chi connectivity index (χ3n) is 3.14. The summed E-state index contributed by atoms with van der Waals surface area (Å²) in [6, 6.07) is 2.16. The number of nitrogens with one attached hydrogen (secondary N) is 1. The largest absolute Gasteiger partial charge is 0.314 e. The Morgan fingerprint density at radius 1 is 1.50 bits per heavy atom. The Labute approximate surface area is 115 Å². The van der Waals surface area contributed by atoms with E-state index in [-0.39, 0.29) is 12.6 Å². The second-order valence-corrected chi connectivity index (χ2v) is 6.40. The summed E-state index contributed by atoms with van der Waals surface area (Å²) < 4.78 is 39.3. The summed E-state index contributed by atoms with van der Waals surface area (Å²) in [6.07, 6.45) is 0. The Hall–Kier alpha value is -1.58. The molecular weight excluding hydrogens is 289 g/mol. The van der Waals surface area contributed by atoms with E-state index in [1.54, 1.807) is 6.92 Å². The van der Waals surface area contributed by atoms with Crippen molar-refractivity contribution in [3.63, 3.8) is 0 Å². The van der Waals surface area contributed by atoms with Gasteiger partial charge in [-0.1, -0.05) is 0 Å². The lowest BCUT2D eigenvalue weighted by Gasteiger charge is -2.32. The molecule has 0 aromatic heterocycles. The first-order chi connectivity index (χ1) is 9.34. The van der Waals surface area contributed by atoms with Crippen LogP contribution in [0.15, 0.2) is 23.1 Å². The van der Waals surface area contributed by atoms with Crippen molar-refractivity contribution < 1.29 is 17.7 Å². The summed E-state index contributed by atoms with van der Waals surface area (Å²) >= 11 is 0. The summed E-state index contributed by atoms with van der Waals surface area (Å²) in [7, 11) is -4.02. The average Bonchev–Trinajstić information content (AvgIpc) is 2.38. The molecule has 1 aliphatic heterocycles. The molecule has 0 aliphatic carbocycles. The van der Waals surface area contributed by atoms with Crippen molar-refractivity contribution in [2.75, 3.05) is 19.6 Å². The minimum Gasteiger partial charge on any atom is -0.314 e. The molecule has 1 aromatic carbocycles. The molecule has 0 radical (unpaired) electrons. The first-order valence-electron chi connectivity index (χ1n) is 6.00. The summed E-state index contributed by atoms with van der Waals surface area (Å²) in [5.74, 6) is -0.844. The van der Waals surface area contributed by atoms with E-state index in [0.717, 1.165) is 12.1 Å². The van der Waals surface area contributed by atoms with E-state index >= 15 is 0 Å². The number of halogens is 1. The van der Waals surface area contributed by atoms with Crippen LogP contribution in [0.25, 0.3) is 0 Å². The molecule has 1 atom stereocenters. The van der Waals surface area contributed by atoms with E-state index in [2.05, 4.69) is 5.32 Å². The van der Waals surface area contributed by atoms with Crippen LogP contribution in [0.2, 0.25) is 0 Å². The highest BCUT2D eigenvalue weighted by Crippen LogP contribution is 2.28. The van der Waals surface area contributed by atoms with Gasteiger partial charge in [0.1, 0.15) is 5.82 Å². The molecule has 1 fully saturated rings. The summed E-state index contributed by atoms with van der Waals surface area (Å²) in [5, 5.41) is 14.0. The van der Waals surface area contributed by atoms with Crippen molar-refractivity contribution in [1.82, 2.24) is 9.62 Å². The number of nitrogens with zero attached hydrogens (tertiary/aromatic N) is 2. The topological polar surface area (TPSA) is 92.6 Å². The van der Waals surface area contributed by atoms with Crippen LogP contribution in [-0.4, -0.2) is 43.3 Å². The Kier molecular flexibility index (Phi) is 4.02. The van der Waals surface area contributed by atoms with Crippen LogP contribution in [0.1, 0.15) is 6.92 Å². The van der Waals surface area contributed by atoms with Crippen molar-refractivity contribution in [3.05, 3.63) is 34.1 Å². The highest BCUT2D eigenvalue weighted by Gasteiger charge is 2.35. The molecule has 110 valence electrons. The third kappa shape index (κ3) is 2.65. The fourth-order valence-electron chi connectivity index (χ4n) is 2.16. The lowest BCUT2D eigenvalue weighted by molar-refractivity contribution is -0.388. The predicted octanol–water partition coefficient (Wildman–Crippen LogP) is 0.716. The van der Waals surface area contributed by atoms with Crippen LogP contribution in [0.4, 0.5) is 10.1 Å². The molecule has 1 N–H and O–H groups in total. The van der Waals surface area contributed by atoms with Gasteiger partial charge in [-0.2, -0.15) is 4.31 Å². The van der Waals surface area contributed by atoms with E-state index in [4.69, 9.17) is 0 Å². The second kappa shape index (κ2) is 5.43. The van der Waals surface area contributed by atoms with E-state index in [9.17, 15) is 22.9 Å². The third-order valence-corrected chi connectivity index (χ3v) is 5.21. The van der Waals surface area contributed by atoms with Gasteiger partial charge in [0, 0.05) is 25.7 Å². The van der Waals surface area contributed by atoms with Crippen LogP contribution >= 0.6 is 0 Å². The molecule has 9 heteroatoms. The van der Waals surface area contributed by atoms with Gasteiger partial charge in [-0.15, -0.1) is 0 Å². The van der Waals surface area contributed by atoms with E-state index < -0.39 is 31.3 Å². The van der Waals surface area contributed by atoms with Crippen molar-refractivity contribution in [2.45, 2.75) is 17.9 Å². The molecule has 1 saturated heterocycles.